The number of rotatable bonds is 7. The lowest BCUT2D eigenvalue weighted by Crippen LogP contribution is -2.43. The standard InChI is InChI=1S/C36H36F3N5O4/c1-3-25-27(38)8-6-21-14-24(48-20-45-2)15-26(29(21)25)32-31(39)33-30-28(40-32)9-7-23-18-46-13-5-12-44(23)34(30)42-35(41-33)47-19-36-10-4-11-43(36)17-22(37)16-36/h1,6,8,14-15,22-23H,4-5,7,9-13,16-20H2,2H3/t22-,23-,36-/m0/s1. The first-order chi connectivity index (χ1) is 23.4. The maximum atomic E-state index is 17.2. The highest BCUT2D eigenvalue weighted by atomic mass is 19.1. The number of halogens is 3. The molecule has 0 bridgehead atoms. The van der Waals surface area contributed by atoms with Gasteiger partial charge in [0.15, 0.2) is 12.6 Å². The molecule has 0 amide bonds. The van der Waals surface area contributed by atoms with Crippen molar-refractivity contribution in [3.05, 3.63) is 47.2 Å². The van der Waals surface area contributed by atoms with Crippen molar-refractivity contribution in [3.8, 4) is 35.4 Å². The minimum absolute atomic E-state index is 0.00557. The van der Waals surface area contributed by atoms with Gasteiger partial charge in [0.1, 0.15) is 41.4 Å². The van der Waals surface area contributed by atoms with Crippen molar-refractivity contribution in [2.45, 2.75) is 56.3 Å². The first kappa shape index (κ1) is 31.1. The van der Waals surface area contributed by atoms with E-state index in [9.17, 15) is 4.39 Å². The van der Waals surface area contributed by atoms with Gasteiger partial charge in [-0.2, -0.15) is 9.97 Å². The zero-order chi connectivity index (χ0) is 33.0. The highest BCUT2D eigenvalue weighted by molar-refractivity contribution is 6.03. The molecule has 8 rings (SSSR count). The molecule has 250 valence electrons. The second-order valence-electron chi connectivity index (χ2n) is 13.1. The molecule has 4 aliphatic heterocycles. The van der Waals surface area contributed by atoms with E-state index in [1.807, 2.05) is 0 Å². The fourth-order valence-corrected chi connectivity index (χ4v) is 8.09. The molecule has 2 aromatic carbocycles. The number of hydrogen-bond acceptors (Lipinski definition) is 9. The molecule has 6 heterocycles. The first-order valence-electron chi connectivity index (χ1n) is 16.5. The second kappa shape index (κ2) is 12.4. The Morgan fingerprint density at radius 3 is 2.85 bits per heavy atom. The summed E-state index contributed by atoms with van der Waals surface area (Å²) in [5.41, 5.74) is 0.456. The van der Waals surface area contributed by atoms with Crippen molar-refractivity contribution < 1.29 is 32.1 Å². The van der Waals surface area contributed by atoms with Crippen molar-refractivity contribution in [2.24, 2.45) is 0 Å². The molecule has 3 atom stereocenters. The lowest BCUT2D eigenvalue weighted by Gasteiger charge is -2.31. The van der Waals surface area contributed by atoms with Gasteiger partial charge in [0.25, 0.3) is 0 Å². The van der Waals surface area contributed by atoms with E-state index in [1.54, 1.807) is 18.2 Å². The van der Waals surface area contributed by atoms with Gasteiger partial charge in [-0.25, -0.2) is 18.2 Å². The van der Waals surface area contributed by atoms with Crippen LogP contribution in [0.15, 0.2) is 24.3 Å². The van der Waals surface area contributed by atoms with Crippen LogP contribution in [0, 0.1) is 24.0 Å². The van der Waals surface area contributed by atoms with E-state index in [-0.39, 0.29) is 47.8 Å². The van der Waals surface area contributed by atoms with Crippen molar-refractivity contribution in [3.63, 3.8) is 0 Å². The molecule has 2 aromatic heterocycles. The third-order valence-electron chi connectivity index (χ3n) is 10.3. The molecule has 3 fully saturated rings. The van der Waals surface area contributed by atoms with Crippen molar-refractivity contribution >= 4 is 27.5 Å². The smallest absolute Gasteiger partial charge is 0.319 e. The summed E-state index contributed by atoms with van der Waals surface area (Å²) < 4.78 is 70.0. The van der Waals surface area contributed by atoms with Crippen LogP contribution in [-0.4, -0.2) is 91.0 Å². The molecule has 12 heteroatoms. The van der Waals surface area contributed by atoms with E-state index in [4.69, 9.17) is 35.3 Å². The quantitative estimate of drug-likeness (QED) is 0.187. The largest absolute Gasteiger partial charge is 0.468 e. The van der Waals surface area contributed by atoms with Crippen LogP contribution in [0.25, 0.3) is 32.9 Å². The van der Waals surface area contributed by atoms with E-state index in [2.05, 4.69) is 20.7 Å². The fraction of sp³-hybridized carbons (Fsp3) is 0.472. The predicted molar refractivity (Wildman–Crippen MR) is 174 cm³/mol. The molecular weight excluding hydrogens is 623 g/mol. The van der Waals surface area contributed by atoms with E-state index in [1.165, 1.54) is 13.2 Å². The van der Waals surface area contributed by atoms with Gasteiger partial charge >= 0.3 is 6.01 Å². The summed E-state index contributed by atoms with van der Waals surface area (Å²) in [6.07, 6.45) is 9.03. The Kier molecular flexibility index (Phi) is 8.01. The predicted octanol–water partition coefficient (Wildman–Crippen LogP) is 5.58. The highest BCUT2D eigenvalue weighted by Crippen LogP contribution is 2.43. The number of aromatic nitrogens is 3. The fourth-order valence-electron chi connectivity index (χ4n) is 8.09. The molecule has 48 heavy (non-hydrogen) atoms. The Morgan fingerprint density at radius 2 is 2.00 bits per heavy atom. The SMILES string of the molecule is C#Cc1c(F)ccc2cc(OCOC)cc(-c3nc4c5c(nc(OC[C@@]67CCCN6C[C@@H](F)C7)nc5c3F)N3CCCOC[C@@H]3CC4)c12. The van der Waals surface area contributed by atoms with Crippen LogP contribution in [-0.2, 0) is 15.9 Å². The minimum atomic E-state index is -0.918. The monoisotopic (exact) mass is 659 g/mol. The van der Waals surface area contributed by atoms with Crippen LogP contribution in [0.1, 0.15) is 43.4 Å². The van der Waals surface area contributed by atoms with Gasteiger partial charge < -0.3 is 23.8 Å². The lowest BCUT2D eigenvalue weighted by molar-refractivity contribution is 0.0512. The van der Waals surface area contributed by atoms with Gasteiger partial charge in [-0.1, -0.05) is 12.0 Å². The number of aryl methyl sites for hydroxylation is 1. The molecule has 0 aliphatic carbocycles. The van der Waals surface area contributed by atoms with Crippen LogP contribution >= 0.6 is 0 Å². The third kappa shape index (κ3) is 5.19. The molecule has 0 radical (unpaired) electrons. The summed E-state index contributed by atoms with van der Waals surface area (Å²) in [6, 6.07) is 6.17. The number of nitrogens with zero attached hydrogens (tertiary/aromatic N) is 5. The van der Waals surface area contributed by atoms with Crippen LogP contribution in [0.5, 0.6) is 11.8 Å². The number of hydrogen-bond donors (Lipinski definition) is 0. The topological polar surface area (TPSA) is 82.1 Å². The Morgan fingerprint density at radius 1 is 1.10 bits per heavy atom. The zero-order valence-electron chi connectivity index (χ0n) is 26.7. The third-order valence-corrected chi connectivity index (χ3v) is 10.3. The summed E-state index contributed by atoms with van der Waals surface area (Å²) in [5.74, 6) is 2.06. The van der Waals surface area contributed by atoms with E-state index in [0.717, 1.165) is 25.8 Å². The normalized spacial score (nSPS) is 23.9. The number of benzene rings is 2. The molecule has 4 aromatic rings. The van der Waals surface area contributed by atoms with Gasteiger partial charge in [0.2, 0.25) is 0 Å². The maximum absolute atomic E-state index is 17.2. The van der Waals surface area contributed by atoms with Crippen LogP contribution < -0.4 is 14.4 Å². The Labute approximate surface area is 276 Å². The number of methoxy groups -OCH3 is 1. The average Bonchev–Trinajstić information content (AvgIpc) is 3.44. The van der Waals surface area contributed by atoms with E-state index < -0.39 is 23.3 Å². The molecule has 4 aliphatic rings. The Bertz CT molecular complexity index is 1950. The summed E-state index contributed by atoms with van der Waals surface area (Å²) in [6.45, 7) is 3.13. The summed E-state index contributed by atoms with van der Waals surface area (Å²) in [4.78, 5) is 18.8. The molecule has 0 unspecified atom stereocenters. The highest BCUT2D eigenvalue weighted by Gasteiger charge is 2.49. The number of alkyl halides is 1. The van der Waals surface area contributed by atoms with Crippen LogP contribution in [0.3, 0.4) is 0 Å². The molecule has 0 saturated carbocycles. The summed E-state index contributed by atoms with van der Waals surface area (Å²) >= 11 is 0. The van der Waals surface area contributed by atoms with Gasteiger partial charge in [-0.05, 0) is 62.2 Å². The number of pyridine rings is 1. The Hall–Kier alpha value is -4.18. The minimum Gasteiger partial charge on any atom is -0.468 e. The first-order valence-corrected chi connectivity index (χ1v) is 16.5. The van der Waals surface area contributed by atoms with Crippen molar-refractivity contribution in [1.29, 1.82) is 0 Å². The van der Waals surface area contributed by atoms with Crippen LogP contribution in [0.2, 0.25) is 0 Å². The van der Waals surface area contributed by atoms with Gasteiger partial charge in [0, 0.05) is 44.2 Å². The molecular formula is C36H36F3N5O4. The van der Waals surface area contributed by atoms with Crippen molar-refractivity contribution in [2.75, 3.05) is 58.3 Å². The molecule has 0 N–H and O–H groups in total. The van der Waals surface area contributed by atoms with Crippen molar-refractivity contribution in [1.82, 2.24) is 19.9 Å². The molecule has 3 saturated heterocycles. The maximum Gasteiger partial charge on any atom is 0.319 e. The van der Waals surface area contributed by atoms with Gasteiger partial charge in [-0.3, -0.25) is 4.90 Å². The summed E-state index contributed by atoms with van der Waals surface area (Å²) in [7, 11) is 1.50. The van der Waals surface area contributed by atoms with E-state index >= 15 is 8.78 Å². The molecule has 9 nitrogen and oxygen atoms in total. The second-order valence-corrected chi connectivity index (χ2v) is 13.1. The number of ether oxygens (including phenoxy) is 4. The number of anilines is 1. The zero-order valence-corrected chi connectivity index (χ0v) is 26.7. The lowest BCUT2D eigenvalue weighted by atomic mass is 9.95. The van der Waals surface area contributed by atoms with Gasteiger partial charge in [0.05, 0.1) is 34.8 Å². The van der Waals surface area contributed by atoms with E-state index in [0.29, 0.717) is 79.0 Å². The van der Waals surface area contributed by atoms with Gasteiger partial charge in [-0.15, -0.1) is 6.42 Å². The Balaban J connectivity index is 1.33. The average molecular weight is 660 g/mol. The number of terminal acetylenes is 1. The van der Waals surface area contributed by atoms with Crippen LogP contribution in [0.4, 0.5) is 19.0 Å². The number of fused-ring (bicyclic) bond motifs is 4. The summed E-state index contributed by atoms with van der Waals surface area (Å²) in [5, 5.41) is 1.41. The molecule has 0 spiro atoms.